The van der Waals surface area contributed by atoms with E-state index < -0.39 is 0 Å². The number of anilines is 4. The molecule has 0 aliphatic carbocycles. The predicted octanol–water partition coefficient (Wildman–Crippen LogP) is 12.5. The molecule has 0 fully saturated rings. The molecule has 0 atom stereocenters. The van der Waals surface area contributed by atoms with Crippen LogP contribution in [-0.4, -0.2) is 33.5 Å². The normalized spacial score (nSPS) is 11.1. The quantitative estimate of drug-likeness (QED) is 0.0789. The van der Waals surface area contributed by atoms with Gasteiger partial charge in [-0.15, -0.1) is 23.2 Å². The predicted molar refractivity (Wildman–Crippen MR) is 300 cm³/mol. The Labute approximate surface area is 437 Å². The van der Waals surface area contributed by atoms with Crippen molar-refractivity contribution in [2.24, 2.45) is 0 Å². The standard InChI is InChI=1S/C33H33Cl2N3O2.C29H31N3/c1-32(2,3)24-12-16-28(37-30(39)20-34)22(18-24)10-14-26-8-7-9-27(36-26)15-11-23-19-25(33(4,5)6)13-17-29(23)38-31(40)21-35;1-28(2,3)22-12-16-26(30)20(18-22)10-14-24-8-7-9-25(32-24)15-11-21-19-23(29(4,5)6)13-17-27(21)31/h7-9,12-13,16-19H,20-21H2,1-6H3,(H,37,39)(H,38,40);7-9,12-13,16-19H,30-31H2,1-6H3. The lowest BCUT2D eigenvalue weighted by Crippen LogP contribution is -2.15. The maximum atomic E-state index is 12.0. The maximum absolute atomic E-state index is 12.0. The summed E-state index contributed by atoms with van der Waals surface area (Å²) in [6, 6.07) is 34.7. The van der Waals surface area contributed by atoms with Crippen molar-refractivity contribution in [1.82, 2.24) is 9.97 Å². The first-order valence-corrected chi connectivity index (χ1v) is 24.6. The van der Waals surface area contributed by atoms with Crippen LogP contribution in [0.2, 0.25) is 0 Å². The van der Waals surface area contributed by atoms with E-state index in [1.165, 1.54) is 11.1 Å². The number of hydrogen-bond acceptors (Lipinski definition) is 6. The van der Waals surface area contributed by atoms with Crippen LogP contribution in [0.3, 0.4) is 0 Å². The zero-order valence-electron chi connectivity index (χ0n) is 43.4. The minimum atomic E-state index is -0.305. The molecular weight excluding hydrogens is 932 g/mol. The third-order valence-corrected chi connectivity index (χ3v) is 11.7. The molecule has 6 N–H and O–H groups in total. The summed E-state index contributed by atoms with van der Waals surface area (Å²) in [5.74, 6) is 24.2. The molecule has 0 saturated heterocycles. The molecule has 0 radical (unpaired) electrons. The first-order valence-electron chi connectivity index (χ1n) is 23.6. The Bertz CT molecular complexity index is 3040. The Balaban J connectivity index is 0.000000274. The Morgan fingerprint density at radius 3 is 0.958 bits per heavy atom. The molecule has 0 aliphatic rings. The second-order valence-corrected chi connectivity index (χ2v) is 21.8. The number of nitrogen functional groups attached to an aromatic ring is 2. The van der Waals surface area contributed by atoms with Crippen LogP contribution in [0.15, 0.2) is 109 Å². The highest BCUT2D eigenvalue weighted by molar-refractivity contribution is 6.29. The molecule has 0 aliphatic heterocycles. The first-order chi connectivity index (χ1) is 33.7. The average molecular weight is 996 g/mol. The van der Waals surface area contributed by atoms with Gasteiger partial charge in [0.25, 0.3) is 0 Å². The van der Waals surface area contributed by atoms with E-state index >= 15 is 0 Å². The number of amides is 2. The van der Waals surface area contributed by atoms with E-state index in [0.717, 1.165) is 22.3 Å². The summed E-state index contributed by atoms with van der Waals surface area (Å²) < 4.78 is 0. The number of benzene rings is 4. The monoisotopic (exact) mass is 994 g/mol. The number of rotatable bonds is 4. The largest absolute Gasteiger partial charge is 0.398 e. The van der Waals surface area contributed by atoms with Crippen molar-refractivity contribution < 1.29 is 9.59 Å². The topological polar surface area (TPSA) is 136 Å². The van der Waals surface area contributed by atoms with Crippen molar-refractivity contribution in [2.75, 3.05) is 33.9 Å². The van der Waals surface area contributed by atoms with Crippen molar-refractivity contribution in [2.45, 2.75) is 105 Å². The van der Waals surface area contributed by atoms with E-state index in [1.54, 1.807) is 12.1 Å². The van der Waals surface area contributed by atoms with Gasteiger partial charge in [0.05, 0.1) is 11.4 Å². The third kappa shape index (κ3) is 16.3. The number of aromatic nitrogens is 2. The number of carbonyl (C=O) groups excluding carboxylic acids is 2. The summed E-state index contributed by atoms with van der Waals surface area (Å²) in [5, 5.41) is 5.62. The van der Waals surface area contributed by atoms with Crippen LogP contribution in [0.5, 0.6) is 0 Å². The SMILES string of the molecule is CC(C)(C)c1ccc(N)c(C#Cc2cccc(C#Cc3cc(C(C)(C)C)ccc3N)n2)c1.CC(C)(C)c1ccc(NC(=O)CCl)c(C#Cc2cccc(C#Cc3cc(C(C)(C)C)ccc3NC(=O)CCl)n2)c1. The fourth-order valence-electron chi connectivity index (χ4n) is 6.75. The van der Waals surface area contributed by atoms with Gasteiger partial charge in [0.2, 0.25) is 11.8 Å². The van der Waals surface area contributed by atoms with Crippen molar-refractivity contribution >= 4 is 57.8 Å². The molecule has 0 spiro atoms. The average Bonchev–Trinajstić information content (AvgIpc) is 3.31. The highest BCUT2D eigenvalue weighted by atomic mass is 35.5. The lowest BCUT2D eigenvalue weighted by Gasteiger charge is -2.20. The van der Waals surface area contributed by atoms with Gasteiger partial charge in [0.1, 0.15) is 34.5 Å². The van der Waals surface area contributed by atoms with Gasteiger partial charge in [-0.3, -0.25) is 9.59 Å². The molecule has 4 aromatic carbocycles. The highest BCUT2D eigenvalue weighted by Gasteiger charge is 2.19. The summed E-state index contributed by atoms with van der Waals surface area (Å²) in [6.45, 7) is 25.7. The number of carbonyl (C=O) groups is 2. The van der Waals surface area contributed by atoms with Crippen LogP contribution in [0.25, 0.3) is 0 Å². The summed E-state index contributed by atoms with van der Waals surface area (Å²) >= 11 is 11.4. The number of halogens is 2. The van der Waals surface area contributed by atoms with E-state index in [2.05, 4.69) is 175 Å². The Hall–Kier alpha value is -7.46. The Morgan fingerprint density at radius 2 is 0.681 bits per heavy atom. The summed E-state index contributed by atoms with van der Waals surface area (Å²) in [4.78, 5) is 33.1. The fraction of sp³-hybridized carbons (Fsp3) is 0.290. The Kier molecular flexibility index (Phi) is 18.2. The minimum absolute atomic E-state index is 0.0318. The van der Waals surface area contributed by atoms with Crippen molar-refractivity contribution in [3.63, 3.8) is 0 Å². The molecule has 2 amide bonds. The molecular formula is C62H64Cl2N6O2. The smallest absolute Gasteiger partial charge is 0.239 e. The number of pyridine rings is 2. The van der Waals surface area contributed by atoms with Gasteiger partial charge in [-0.2, -0.15) is 0 Å². The van der Waals surface area contributed by atoms with Gasteiger partial charge in [0.15, 0.2) is 0 Å². The molecule has 0 saturated carbocycles. The second kappa shape index (κ2) is 23.6. The molecule has 2 aromatic heterocycles. The number of nitrogens with two attached hydrogens (primary N) is 2. The van der Waals surface area contributed by atoms with Crippen LogP contribution in [0, 0.1) is 47.4 Å². The molecule has 368 valence electrons. The van der Waals surface area contributed by atoms with Gasteiger partial charge in [-0.1, -0.05) is 143 Å². The van der Waals surface area contributed by atoms with Crippen molar-refractivity contribution in [1.29, 1.82) is 0 Å². The van der Waals surface area contributed by atoms with Gasteiger partial charge in [0, 0.05) is 33.6 Å². The maximum Gasteiger partial charge on any atom is 0.239 e. The van der Waals surface area contributed by atoms with Gasteiger partial charge in [-0.05, 0) is 140 Å². The molecule has 72 heavy (non-hydrogen) atoms. The molecule has 6 rings (SSSR count). The summed E-state index contributed by atoms with van der Waals surface area (Å²) in [7, 11) is 0. The zero-order chi connectivity index (χ0) is 53.0. The first kappa shape index (κ1) is 55.5. The highest BCUT2D eigenvalue weighted by Crippen LogP contribution is 2.30. The van der Waals surface area contributed by atoms with E-state index in [1.807, 2.05) is 72.8 Å². The fourth-order valence-corrected chi connectivity index (χ4v) is 6.88. The molecule has 0 unspecified atom stereocenters. The van der Waals surface area contributed by atoms with Gasteiger partial charge < -0.3 is 22.1 Å². The van der Waals surface area contributed by atoms with Crippen LogP contribution in [0.4, 0.5) is 22.7 Å². The van der Waals surface area contributed by atoms with Crippen molar-refractivity contribution in [3.8, 4) is 47.4 Å². The summed E-state index contributed by atoms with van der Waals surface area (Å²) in [6.07, 6.45) is 0. The minimum Gasteiger partial charge on any atom is -0.398 e. The third-order valence-electron chi connectivity index (χ3n) is 11.2. The number of hydrogen-bond donors (Lipinski definition) is 4. The van der Waals surface area contributed by atoms with E-state index in [0.29, 0.717) is 56.7 Å². The van der Waals surface area contributed by atoms with Crippen molar-refractivity contribution in [3.05, 3.63) is 176 Å². The van der Waals surface area contributed by atoms with Crippen LogP contribution in [-0.2, 0) is 31.2 Å². The van der Waals surface area contributed by atoms with Gasteiger partial charge >= 0.3 is 0 Å². The molecule has 10 heteroatoms. The molecule has 8 nitrogen and oxygen atoms in total. The lowest BCUT2D eigenvalue weighted by molar-refractivity contribution is -0.114. The van der Waals surface area contributed by atoms with Crippen LogP contribution in [0.1, 0.15) is 150 Å². The summed E-state index contributed by atoms with van der Waals surface area (Å²) in [5.41, 5.74) is 24.5. The lowest BCUT2D eigenvalue weighted by atomic mass is 9.86. The van der Waals surface area contributed by atoms with Gasteiger partial charge in [-0.25, -0.2) is 9.97 Å². The van der Waals surface area contributed by atoms with Crippen LogP contribution < -0.4 is 22.1 Å². The van der Waals surface area contributed by atoms with E-state index in [9.17, 15) is 9.59 Å². The van der Waals surface area contributed by atoms with E-state index in [-0.39, 0.29) is 45.2 Å². The Morgan fingerprint density at radius 1 is 0.417 bits per heavy atom. The molecule has 0 bridgehead atoms. The number of nitrogens with zero attached hydrogens (tertiary/aromatic N) is 2. The van der Waals surface area contributed by atoms with E-state index in [4.69, 9.17) is 34.7 Å². The second-order valence-electron chi connectivity index (χ2n) is 21.3. The number of alkyl halides is 2. The molecule has 2 heterocycles. The van der Waals surface area contributed by atoms with Crippen LogP contribution >= 0.6 is 23.2 Å². The number of nitrogens with one attached hydrogen (secondary N) is 2. The zero-order valence-corrected chi connectivity index (χ0v) is 44.9. The molecule has 6 aromatic rings.